The highest BCUT2D eigenvalue weighted by Crippen LogP contribution is 2.57. The van der Waals surface area contributed by atoms with Crippen molar-refractivity contribution in [2.24, 2.45) is 0 Å². The number of furan rings is 3. The van der Waals surface area contributed by atoms with Crippen molar-refractivity contribution in [3.05, 3.63) is 356 Å². The van der Waals surface area contributed by atoms with Crippen LogP contribution in [0.15, 0.2) is 321 Å². The van der Waals surface area contributed by atoms with Crippen molar-refractivity contribution >= 4 is 151 Å². The molecule has 0 unspecified atom stereocenters. The summed E-state index contributed by atoms with van der Waals surface area (Å²) in [5, 5.41) is 12.4. The average molecular weight is 1460 g/mol. The maximum Gasteiger partial charge on any atom is 0.137 e. The molecule has 0 aliphatic heterocycles. The number of anilines is 6. The van der Waals surface area contributed by atoms with Crippen LogP contribution in [-0.2, 0) is 16.2 Å². The molecule has 17 aromatic rings. The Kier molecular flexibility index (Phi) is 17.4. The summed E-state index contributed by atoms with van der Waals surface area (Å²) in [7, 11) is 0. The van der Waals surface area contributed by atoms with Gasteiger partial charge >= 0.3 is 0 Å². The number of nitrogen functional groups attached to an aromatic ring is 1. The van der Waals surface area contributed by atoms with Gasteiger partial charge in [0.15, 0.2) is 0 Å². The van der Waals surface area contributed by atoms with Crippen LogP contribution in [0.3, 0.4) is 0 Å². The topological polar surface area (TPSA) is 80.7 Å². The number of nitrogens with two attached hydrogens (primary N) is 1. The maximum absolute atomic E-state index is 6.56. The van der Waals surface area contributed by atoms with Crippen molar-refractivity contribution in [3.63, 3.8) is 0 Å². The first-order valence-corrected chi connectivity index (χ1v) is 36.4. The van der Waals surface area contributed by atoms with E-state index in [4.69, 9.17) is 53.8 Å². The fourth-order valence-corrected chi connectivity index (χ4v) is 17.5. The van der Waals surface area contributed by atoms with E-state index in [0.29, 0.717) is 15.1 Å². The molecule has 0 fully saturated rings. The molecular weight excluding hydrogens is 1390 g/mol. The number of benzene rings is 14. The van der Waals surface area contributed by atoms with Gasteiger partial charge < -0.3 is 29.2 Å². The van der Waals surface area contributed by atoms with Crippen molar-refractivity contribution < 1.29 is 13.3 Å². The third-order valence-electron chi connectivity index (χ3n) is 20.5. The van der Waals surface area contributed by atoms with E-state index in [1.807, 2.05) is 103 Å². The van der Waals surface area contributed by atoms with Crippen molar-refractivity contribution in [2.75, 3.05) is 16.0 Å². The number of rotatable bonds is 5. The van der Waals surface area contributed by atoms with E-state index in [1.165, 1.54) is 71.2 Å². The molecule has 0 radical (unpaired) electrons. The minimum atomic E-state index is -0.161. The minimum absolute atomic E-state index is 0.0537. The second-order valence-corrected chi connectivity index (χ2v) is 30.0. The number of hydrogen-bond donors (Lipinski definition) is 2. The highest BCUT2D eigenvalue weighted by Gasteiger charge is 2.41. The van der Waals surface area contributed by atoms with E-state index >= 15 is 0 Å². The summed E-state index contributed by atoms with van der Waals surface area (Å²) in [5.74, 6) is 0. The SMILES string of the molecule is CC1(C)c2ccccc2-c2cccc(Br)c21.CC1(C)c2ccccc2-c2cccc(N(c3cccc(Cl)c3)c3cccc4oc5ccccc5c34)c21.CC1(C)c2ccccc2-c2cccc(Nc3cccc4oc5ccccc5c34)c21.Clc1cccc(Cl)c1.Nc1cccc2oc3ccccc3c12. The number of halogens is 4. The Morgan fingerprint density at radius 2 is 0.689 bits per heavy atom. The Bertz CT molecular complexity index is 6120. The molecule has 3 N–H and O–H groups in total. The standard InChI is InChI=1S/C33H24ClNO.C27H21NO.C15H13Br.C12H9NO.C6H4Cl2/c1-33(2)26-15-5-3-12-23(26)24-14-8-17-28(32(24)33)35(22-11-7-10-21(34)20-22)27-16-9-19-30-31(27)25-13-4-6-18-29(25)36-30;1-27(2)20-12-5-3-9-17(20)18-11-7-14-22(26(18)27)28-21-13-8-16-24-25(21)19-10-4-6-15-23(19)29-24;1-15(2)12-8-4-3-6-10(12)11-7-5-9-13(16)14(11)15;13-9-5-3-7-11-12(9)8-4-1-2-6-10(8)14-11;7-5-2-1-3-6(8)4-5/h3-20H,1-2H3;3-16,28H,1-2H3;3-9H,1-2H3;1-7H,13H2;1-4H. The summed E-state index contributed by atoms with van der Waals surface area (Å²) < 4.78 is 19.2. The first-order chi connectivity index (χ1) is 49.9. The largest absolute Gasteiger partial charge is 0.456 e. The van der Waals surface area contributed by atoms with Crippen molar-refractivity contribution in [1.82, 2.24) is 0 Å². The summed E-state index contributed by atoms with van der Waals surface area (Å²) in [4.78, 5) is 2.35. The van der Waals surface area contributed by atoms with E-state index in [-0.39, 0.29) is 16.2 Å². The Labute approximate surface area is 622 Å². The van der Waals surface area contributed by atoms with Crippen LogP contribution in [0, 0.1) is 0 Å². The van der Waals surface area contributed by atoms with E-state index < -0.39 is 0 Å². The summed E-state index contributed by atoms with van der Waals surface area (Å²) in [6.07, 6.45) is 0. The molecule has 0 bridgehead atoms. The Hall–Kier alpha value is -10.8. The molecule has 3 aromatic heterocycles. The monoisotopic (exact) mass is 1460 g/mol. The lowest BCUT2D eigenvalue weighted by Crippen LogP contribution is -2.20. The van der Waals surface area contributed by atoms with Gasteiger partial charge in [-0.1, -0.05) is 286 Å². The maximum atomic E-state index is 6.56. The molecule has 0 spiro atoms. The van der Waals surface area contributed by atoms with Crippen LogP contribution in [0.1, 0.15) is 74.9 Å². The Morgan fingerprint density at radius 1 is 0.320 bits per heavy atom. The molecule has 10 heteroatoms. The lowest BCUT2D eigenvalue weighted by Gasteiger charge is -2.32. The molecular formula is C93H71BrCl3N3O3. The van der Waals surface area contributed by atoms with Crippen molar-refractivity contribution in [1.29, 1.82) is 0 Å². The molecule has 103 heavy (non-hydrogen) atoms. The molecule has 0 saturated carbocycles. The van der Waals surface area contributed by atoms with Gasteiger partial charge in [0.25, 0.3) is 0 Å². The van der Waals surface area contributed by atoms with Crippen LogP contribution >= 0.6 is 50.7 Å². The zero-order valence-corrected chi connectivity index (χ0v) is 61.5. The van der Waals surface area contributed by atoms with Crippen molar-refractivity contribution in [2.45, 2.75) is 57.8 Å². The number of nitrogens with one attached hydrogen (secondary N) is 1. The molecule has 3 heterocycles. The molecule has 14 aromatic carbocycles. The van der Waals surface area contributed by atoms with Crippen LogP contribution in [0.2, 0.25) is 15.1 Å². The molecule has 504 valence electrons. The smallest absolute Gasteiger partial charge is 0.137 e. The van der Waals surface area contributed by atoms with E-state index in [9.17, 15) is 0 Å². The number of nitrogens with zero attached hydrogens (tertiary/aromatic N) is 1. The van der Waals surface area contributed by atoms with Gasteiger partial charge in [-0.2, -0.15) is 0 Å². The average Bonchev–Trinajstić information content (AvgIpc) is 1.57. The fraction of sp³-hybridized carbons (Fsp3) is 0.0968. The van der Waals surface area contributed by atoms with Gasteiger partial charge in [0.1, 0.15) is 33.5 Å². The number of para-hydroxylation sites is 3. The van der Waals surface area contributed by atoms with Crippen molar-refractivity contribution in [3.8, 4) is 33.4 Å². The normalized spacial score (nSPS) is 13.4. The van der Waals surface area contributed by atoms with Crippen LogP contribution in [0.25, 0.3) is 99.2 Å². The predicted molar refractivity (Wildman–Crippen MR) is 438 cm³/mol. The first kappa shape index (κ1) is 66.8. The number of hydrogen-bond acceptors (Lipinski definition) is 6. The van der Waals surface area contributed by atoms with Crippen LogP contribution in [-0.4, -0.2) is 0 Å². The fourth-order valence-electron chi connectivity index (χ4n) is 16.0. The summed E-state index contributed by atoms with van der Waals surface area (Å²) in [6.45, 7) is 13.9. The second-order valence-electron chi connectivity index (χ2n) is 27.8. The highest BCUT2D eigenvalue weighted by molar-refractivity contribution is 9.10. The molecule has 3 aliphatic rings. The lowest BCUT2D eigenvalue weighted by atomic mass is 9.81. The molecule has 0 atom stereocenters. The third-order valence-corrected chi connectivity index (χ3v) is 21.9. The van der Waals surface area contributed by atoms with E-state index in [2.05, 4.69) is 250 Å². The summed E-state index contributed by atoms with van der Waals surface area (Å²) in [6, 6.07) is 104. The Morgan fingerprint density at radius 3 is 1.25 bits per heavy atom. The van der Waals surface area contributed by atoms with Gasteiger partial charge in [0.05, 0.1) is 33.2 Å². The van der Waals surface area contributed by atoms with Crippen LogP contribution in [0.4, 0.5) is 34.1 Å². The van der Waals surface area contributed by atoms with Gasteiger partial charge in [-0.25, -0.2) is 0 Å². The van der Waals surface area contributed by atoms with Crippen LogP contribution in [0.5, 0.6) is 0 Å². The molecule has 0 amide bonds. The highest BCUT2D eigenvalue weighted by atomic mass is 79.9. The quantitative estimate of drug-likeness (QED) is 0.167. The predicted octanol–water partition coefficient (Wildman–Crippen LogP) is 28.6. The zero-order chi connectivity index (χ0) is 70.9. The summed E-state index contributed by atoms with van der Waals surface area (Å²) in [5.41, 5.74) is 33.6. The van der Waals surface area contributed by atoms with Crippen LogP contribution < -0.4 is 16.0 Å². The van der Waals surface area contributed by atoms with Gasteiger partial charge in [-0.05, 0) is 176 Å². The van der Waals surface area contributed by atoms with E-state index in [0.717, 1.165) is 99.9 Å². The Balaban J connectivity index is 0.000000108. The van der Waals surface area contributed by atoms with Gasteiger partial charge in [-0.3, -0.25) is 0 Å². The summed E-state index contributed by atoms with van der Waals surface area (Å²) >= 11 is 21.4. The molecule has 20 rings (SSSR count). The molecule has 3 aliphatic carbocycles. The van der Waals surface area contributed by atoms with Gasteiger partial charge in [0, 0.05) is 69.0 Å². The third kappa shape index (κ3) is 11.9. The second kappa shape index (κ2) is 26.9. The lowest BCUT2D eigenvalue weighted by molar-refractivity contribution is 0.657. The van der Waals surface area contributed by atoms with Gasteiger partial charge in [0.2, 0.25) is 0 Å². The van der Waals surface area contributed by atoms with E-state index in [1.54, 1.807) is 18.2 Å². The molecule has 6 nitrogen and oxygen atoms in total. The zero-order valence-electron chi connectivity index (χ0n) is 57.6. The van der Waals surface area contributed by atoms with Gasteiger partial charge in [-0.15, -0.1) is 0 Å². The first-order valence-electron chi connectivity index (χ1n) is 34.5. The molecule has 0 saturated heterocycles. The number of fused-ring (bicyclic) bond motifs is 18. The minimum Gasteiger partial charge on any atom is -0.456 e.